The van der Waals surface area contributed by atoms with Crippen LogP contribution in [0.25, 0.3) is 11.0 Å². The molecule has 26 heavy (non-hydrogen) atoms. The molecule has 0 aliphatic carbocycles. The van der Waals surface area contributed by atoms with E-state index in [9.17, 15) is 13.2 Å². The molecule has 0 atom stereocenters. The van der Waals surface area contributed by atoms with Gasteiger partial charge in [0, 0.05) is 38.1 Å². The molecule has 3 heterocycles. The van der Waals surface area contributed by atoms with Crippen LogP contribution in [0, 0.1) is 0 Å². The number of aromatic nitrogens is 4. The van der Waals surface area contributed by atoms with Gasteiger partial charge in [-0.3, -0.25) is 4.79 Å². The van der Waals surface area contributed by atoms with Gasteiger partial charge in [-0.1, -0.05) is 0 Å². The van der Waals surface area contributed by atoms with Gasteiger partial charge < -0.3 is 9.47 Å². The highest BCUT2D eigenvalue weighted by atomic mass is 32.2. The topological polar surface area (TPSA) is 98.1 Å². The molecule has 1 amide bonds. The molecule has 3 aromatic rings. The highest BCUT2D eigenvalue weighted by Gasteiger charge is 2.35. The number of nitrogens with zero attached hydrogens (tertiary/aromatic N) is 5. The molecule has 0 spiro atoms. The van der Waals surface area contributed by atoms with Gasteiger partial charge >= 0.3 is 0 Å². The molecule has 2 aromatic heterocycles. The van der Waals surface area contributed by atoms with E-state index < -0.39 is 15.1 Å². The van der Waals surface area contributed by atoms with Crippen molar-refractivity contribution in [3.8, 4) is 0 Å². The fourth-order valence-corrected chi connectivity index (χ4v) is 5.56. The molecule has 1 saturated heterocycles. The molecule has 0 bridgehead atoms. The molecule has 1 aliphatic heterocycles. The third-order valence-electron chi connectivity index (χ3n) is 4.70. The molecule has 0 N–H and O–H groups in total. The Balaban J connectivity index is 1.48. The van der Waals surface area contributed by atoms with Crippen LogP contribution in [-0.4, -0.2) is 55.9 Å². The predicted octanol–water partition coefficient (Wildman–Crippen LogP) is 1.50. The summed E-state index contributed by atoms with van der Waals surface area (Å²) in [7, 11) is -1.82. The normalized spacial score (nSPS) is 16.3. The average Bonchev–Trinajstić information content (AvgIpc) is 3.29. The Bertz CT molecular complexity index is 1060. The van der Waals surface area contributed by atoms with Crippen LogP contribution in [0.5, 0.6) is 0 Å². The van der Waals surface area contributed by atoms with Gasteiger partial charge in [0.1, 0.15) is 11.0 Å². The standard InChI is InChI=1S/C16H17N5O3S2/c1-20-9-6-17-16(20)26(23,24)12-4-7-21(8-5-12)15(22)11-2-3-13-14(10-11)19-25-18-13/h2-3,6,9-10,12H,4-5,7-8H2,1H3. The fraction of sp³-hybridized carbons (Fsp3) is 0.375. The second kappa shape index (κ2) is 6.44. The number of hydrogen-bond donors (Lipinski definition) is 0. The second-order valence-electron chi connectivity index (χ2n) is 6.33. The van der Waals surface area contributed by atoms with Gasteiger partial charge in [0.05, 0.1) is 17.0 Å². The maximum atomic E-state index is 12.7. The number of carbonyl (C=O) groups excluding carboxylic acids is 1. The highest BCUT2D eigenvalue weighted by Crippen LogP contribution is 2.25. The van der Waals surface area contributed by atoms with Crippen molar-refractivity contribution in [2.24, 2.45) is 7.05 Å². The van der Waals surface area contributed by atoms with Crippen LogP contribution in [0.3, 0.4) is 0 Å². The number of amides is 1. The Morgan fingerprint density at radius 3 is 2.62 bits per heavy atom. The first-order chi connectivity index (χ1) is 12.5. The lowest BCUT2D eigenvalue weighted by atomic mass is 10.1. The quantitative estimate of drug-likeness (QED) is 0.671. The lowest BCUT2D eigenvalue weighted by Gasteiger charge is -2.31. The van der Waals surface area contributed by atoms with Gasteiger partial charge in [0.25, 0.3) is 5.91 Å². The van der Waals surface area contributed by atoms with Crippen molar-refractivity contribution in [2.45, 2.75) is 23.2 Å². The van der Waals surface area contributed by atoms with Crippen LogP contribution >= 0.6 is 11.7 Å². The Labute approximate surface area is 154 Å². The van der Waals surface area contributed by atoms with Gasteiger partial charge in [-0.05, 0) is 31.0 Å². The molecule has 10 heteroatoms. The predicted molar refractivity (Wildman–Crippen MR) is 96.7 cm³/mol. The lowest BCUT2D eigenvalue weighted by Crippen LogP contribution is -2.42. The maximum Gasteiger partial charge on any atom is 0.253 e. The van der Waals surface area contributed by atoms with Crippen LogP contribution in [-0.2, 0) is 16.9 Å². The first kappa shape index (κ1) is 17.1. The zero-order valence-electron chi connectivity index (χ0n) is 14.1. The van der Waals surface area contributed by atoms with Gasteiger partial charge in [-0.15, -0.1) is 0 Å². The summed E-state index contributed by atoms with van der Waals surface area (Å²) in [5.74, 6) is -0.104. The Kier molecular flexibility index (Phi) is 4.23. The van der Waals surface area contributed by atoms with Crippen LogP contribution in [0.15, 0.2) is 35.7 Å². The Morgan fingerprint density at radius 2 is 1.92 bits per heavy atom. The van der Waals surface area contributed by atoms with Gasteiger partial charge in [0.15, 0.2) is 0 Å². The molecule has 1 fully saturated rings. The van der Waals surface area contributed by atoms with Crippen molar-refractivity contribution in [2.75, 3.05) is 13.1 Å². The second-order valence-corrected chi connectivity index (χ2v) is 8.98. The number of carbonyl (C=O) groups is 1. The lowest BCUT2D eigenvalue weighted by molar-refractivity contribution is 0.0725. The highest BCUT2D eigenvalue weighted by molar-refractivity contribution is 7.91. The van der Waals surface area contributed by atoms with Crippen LogP contribution in [0.4, 0.5) is 0 Å². The summed E-state index contributed by atoms with van der Waals surface area (Å²) in [6.07, 6.45) is 3.91. The molecule has 0 radical (unpaired) electrons. The van der Waals surface area contributed by atoms with Crippen LogP contribution in [0.2, 0.25) is 0 Å². The van der Waals surface area contributed by atoms with Gasteiger partial charge in [0.2, 0.25) is 15.0 Å². The molecule has 1 aromatic carbocycles. The SMILES string of the molecule is Cn1ccnc1S(=O)(=O)C1CCN(C(=O)c2ccc3nsnc3c2)CC1. The summed E-state index contributed by atoms with van der Waals surface area (Å²) in [4.78, 5) is 18.4. The summed E-state index contributed by atoms with van der Waals surface area (Å²) in [5.41, 5.74) is 2.02. The zero-order valence-corrected chi connectivity index (χ0v) is 15.7. The Hall–Kier alpha value is -2.33. The van der Waals surface area contributed by atoms with E-state index in [-0.39, 0.29) is 11.1 Å². The zero-order chi connectivity index (χ0) is 18.3. The molecular weight excluding hydrogens is 374 g/mol. The number of benzene rings is 1. The maximum absolute atomic E-state index is 12.7. The molecule has 8 nitrogen and oxygen atoms in total. The largest absolute Gasteiger partial charge is 0.339 e. The van der Waals surface area contributed by atoms with Crippen molar-refractivity contribution in [1.82, 2.24) is 23.2 Å². The van der Waals surface area contributed by atoms with E-state index in [4.69, 9.17) is 0 Å². The first-order valence-electron chi connectivity index (χ1n) is 8.19. The molecule has 1 aliphatic rings. The monoisotopic (exact) mass is 391 g/mol. The molecule has 0 saturated carbocycles. The number of fused-ring (bicyclic) bond motifs is 1. The van der Waals surface area contributed by atoms with E-state index in [0.717, 1.165) is 17.2 Å². The minimum absolute atomic E-state index is 0.0868. The summed E-state index contributed by atoms with van der Waals surface area (Å²) in [6.45, 7) is 0.807. The van der Waals surface area contributed by atoms with E-state index in [1.165, 1.54) is 10.8 Å². The van der Waals surface area contributed by atoms with Crippen LogP contribution in [0.1, 0.15) is 23.2 Å². The number of imidazole rings is 1. The molecule has 0 unspecified atom stereocenters. The number of aryl methyl sites for hydroxylation is 1. The summed E-state index contributed by atoms with van der Waals surface area (Å²) in [6, 6.07) is 5.25. The van der Waals surface area contributed by atoms with Crippen molar-refractivity contribution >= 4 is 38.5 Å². The van der Waals surface area contributed by atoms with Gasteiger partial charge in [-0.2, -0.15) is 8.75 Å². The third-order valence-corrected chi connectivity index (χ3v) is 7.51. The van der Waals surface area contributed by atoms with Gasteiger partial charge in [-0.25, -0.2) is 13.4 Å². The minimum Gasteiger partial charge on any atom is -0.339 e. The summed E-state index contributed by atoms with van der Waals surface area (Å²) < 4.78 is 35.3. The van der Waals surface area contributed by atoms with E-state index in [0.29, 0.717) is 37.0 Å². The smallest absolute Gasteiger partial charge is 0.253 e. The third kappa shape index (κ3) is 2.88. The number of sulfone groups is 1. The summed E-state index contributed by atoms with van der Waals surface area (Å²) in [5, 5.41) is -0.429. The molecule has 4 rings (SSSR count). The van der Waals surface area contributed by atoms with E-state index >= 15 is 0 Å². The minimum atomic E-state index is -3.49. The number of likely N-dealkylation sites (tertiary alicyclic amines) is 1. The summed E-state index contributed by atoms with van der Waals surface area (Å²) >= 11 is 1.11. The van der Waals surface area contributed by atoms with Crippen LogP contribution < -0.4 is 0 Å². The van der Waals surface area contributed by atoms with E-state index in [2.05, 4.69) is 13.7 Å². The van der Waals surface area contributed by atoms with E-state index in [1.54, 1.807) is 36.3 Å². The average molecular weight is 391 g/mol. The molecular formula is C16H17N5O3S2. The van der Waals surface area contributed by atoms with Crippen molar-refractivity contribution in [1.29, 1.82) is 0 Å². The Morgan fingerprint density at radius 1 is 1.19 bits per heavy atom. The van der Waals surface area contributed by atoms with Crippen molar-refractivity contribution in [3.63, 3.8) is 0 Å². The number of hydrogen-bond acceptors (Lipinski definition) is 7. The first-order valence-corrected chi connectivity index (χ1v) is 10.5. The number of rotatable bonds is 3. The number of piperidine rings is 1. The van der Waals surface area contributed by atoms with Crippen molar-refractivity contribution < 1.29 is 13.2 Å². The van der Waals surface area contributed by atoms with E-state index in [1.807, 2.05) is 0 Å². The van der Waals surface area contributed by atoms with Crippen molar-refractivity contribution in [3.05, 3.63) is 36.2 Å². The fourth-order valence-electron chi connectivity index (χ4n) is 3.24. The molecule has 136 valence electrons.